The molecule has 3 aromatic rings. The second kappa shape index (κ2) is 10.1. The smallest absolute Gasteiger partial charge is 0.223 e. The molecule has 2 aromatic carbocycles. The zero-order valence-electron chi connectivity index (χ0n) is 18.3. The van der Waals surface area contributed by atoms with E-state index in [9.17, 15) is 4.79 Å². The molecule has 158 valence electrons. The number of nitrogens with zero attached hydrogens (tertiary/aromatic N) is 4. The van der Waals surface area contributed by atoms with Crippen molar-refractivity contribution in [2.24, 2.45) is 5.92 Å². The second-order valence-electron chi connectivity index (χ2n) is 8.09. The van der Waals surface area contributed by atoms with Crippen LogP contribution >= 0.6 is 0 Å². The molecule has 0 aliphatic heterocycles. The van der Waals surface area contributed by atoms with E-state index in [4.69, 9.17) is 0 Å². The zero-order valence-corrected chi connectivity index (χ0v) is 18.3. The maximum absolute atomic E-state index is 12.8. The van der Waals surface area contributed by atoms with E-state index in [0.717, 1.165) is 35.1 Å². The minimum Gasteiger partial charge on any atom is -0.335 e. The van der Waals surface area contributed by atoms with Crippen molar-refractivity contribution in [3.05, 3.63) is 54.1 Å². The van der Waals surface area contributed by atoms with E-state index in [2.05, 4.69) is 78.7 Å². The molecule has 1 N–H and O–H groups in total. The number of aromatic nitrogens is 4. The third kappa shape index (κ3) is 5.12. The predicted molar refractivity (Wildman–Crippen MR) is 119 cm³/mol. The molecule has 0 unspecified atom stereocenters. The molecule has 1 atom stereocenters. The standard InChI is InChI=1S/C24H31N5O/c1-5-6-11-23(30)29(18(4)17(2)3)16-19-12-14-20(15-13-19)21-9-7-8-10-22(21)24-25-27-28-26-24/h7-10,12-15,17-18H,5-6,11,16H2,1-4H3,(H,25,26,27,28)/t18-/m0/s1. The van der Waals surface area contributed by atoms with Gasteiger partial charge in [0, 0.05) is 24.6 Å². The Morgan fingerprint density at radius 3 is 2.33 bits per heavy atom. The molecule has 1 amide bonds. The van der Waals surface area contributed by atoms with Gasteiger partial charge in [0.1, 0.15) is 0 Å². The molecule has 0 saturated carbocycles. The highest BCUT2D eigenvalue weighted by Crippen LogP contribution is 2.30. The maximum Gasteiger partial charge on any atom is 0.223 e. The lowest BCUT2D eigenvalue weighted by molar-refractivity contribution is -0.135. The maximum atomic E-state index is 12.8. The first-order chi connectivity index (χ1) is 14.5. The van der Waals surface area contributed by atoms with Crippen LogP contribution in [0.2, 0.25) is 0 Å². The summed E-state index contributed by atoms with van der Waals surface area (Å²) in [5, 5.41) is 14.4. The van der Waals surface area contributed by atoms with Crippen LogP contribution in [0.5, 0.6) is 0 Å². The van der Waals surface area contributed by atoms with Crippen LogP contribution in [-0.4, -0.2) is 37.5 Å². The van der Waals surface area contributed by atoms with Crippen molar-refractivity contribution in [2.75, 3.05) is 0 Å². The van der Waals surface area contributed by atoms with Gasteiger partial charge in [0.05, 0.1) is 0 Å². The molecule has 1 aromatic heterocycles. The number of amides is 1. The second-order valence-corrected chi connectivity index (χ2v) is 8.09. The summed E-state index contributed by atoms with van der Waals surface area (Å²) < 4.78 is 0. The minimum absolute atomic E-state index is 0.202. The molecule has 0 bridgehead atoms. The van der Waals surface area contributed by atoms with Crippen molar-refractivity contribution in [1.82, 2.24) is 25.5 Å². The molecule has 3 rings (SSSR count). The highest BCUT2D eigenvalue weighted by molar-refractivity contribution is 5.80. The fourth-order valence-corrected chi connectivity index (χ4v) is 3.48. The van der Waals surface area contributed by atoms with Gasteiger partial charge in [-0.1, -0.05) is 75.7 Å². The number of H-pyrrole nitrogens is 1. The molecule has 6 heteroatoms. The number of unbranched alkanes of at least 4 members (excludes halogenated alkanes) is 1. The number of carbonyl (C=O) groups excluding carboxylic acids is 1. The van der Waals surface area contributed by atoms with Crippen LogP contribution in [0.4, 0.5) is 0 Å². The lowest BCUT2D eigenvalue weighted by Gasteiger charge is -2.32. The highest BCUT2D eigenvalue weighted by atomic mass is 16.2. The molecule has 1 heterocycles. The topological polar surface area (TPSA) is 74.8 Å². The van der Waals surface area contributed by atoms with Crippen molar-refractivity contribution in [3.8, 4) is 22.5 Å². The molecular weight excluding hydrogens is 374 g/mol. The average Bonchev–Trinajstić information content (AvgIpc) is 3.30. The number of tetrazole rings is 1. The molecule has 0 aliphatic rings. The van der Waals surface area contributed by atoms with Gasteiger partial charge in [0.15, 0.2) is 0 Å². The Morgan fingerprint density at radius 1 is 1.03 bits per heavy atom. The Morgan fingerprint density at radius 2 is 1.73 bits per heavy atom. The quantitative estimate of drug-likeness (QED) is 0.538. The van der Waals surface area contributed by atoms with Crippen LogP contribution in [0.1, 0.15) is 52.5 Å². The first-order valence-corrected chi connectivity index (χ1v) is 10.7. The van der Waals surface area contributed by atoms with Crippen LogP contribution in [0.15, 0.2) is 48.5 Å². The lowest BCUT2D eigenvalue weighted by Crippen LogP contribution is -2.40. The van der Waals surface area contributed by atoms with Crippen LogP contribution in [0.25, 0.3) is 22.5 Å². The Bertz CT molecular complexity index is 934. The van der Waals surface area contributed by atoms with Gasteiger partial charge in [-0.15, -0.1) is 10.2 Å². The number of aromatic amines is 1. The first-order valence-electron chi connectivity index (χ1n) is 10.7. The molecule has 0 saturated heterocycles. The van der Waals surface area contributed by atoms with Gasteiger partial charge in [-0.05, 0) is 41.2 Å². The van der Waals surface area contributed by atoms with Gasteiger partial charge < -0.3 is 4.90 Å². The Hall–Kier alpha value is -3.02. The summed E-state index contributed by atoms with van der Waals surface area (Å²) >= 11 is 0. The summed E-state index contributed by atoms with van der Waals surface area (Å²) in [5.74, 6) is 1.23. The van der Waals surface area contributed by atoms with Crippen molar-refractivity contribution in [2.45, 2.75) is 59.5 Å². The van der Waals surface area contributed by atoms with Crippen LogP contribution in [0, 0.1) is 5.92 Å². The molecule has 0 fully saturated rings. The molecule has 0 radical (unpaired) electrons. The number of nitrogens with one attached hydrogen (secondary N) is 1. The van der Waals surface area contributed by atoms with Gasteiger partial charge >= 0.3 is 0 Å². The van der Waals surface area contributed by atoms with Crippen LogP contribution in [-0.2, 0) is 11.3 Å². The highest BCUT2D eigenvalue weighted by Gasteiger charge is 2.22. The summed E-state index contributed by atoms with van der Waals surface area (Å²) in [7, 11) is 0. The number of carbonyl (C=O) groups is 1. The van der Waals surface area contributed by atoms with E-state index in [1.807, 2.05) is 23.1 Å². The monoisotopic (exact) mass is 405 g/mol. The van der Waals surface area contributed by atoms with Gasteiger partial charge in [0.25, 0.3) is 0 Å². The fourth-order valence-electron chi connectivity index (χ4n) is 3.48. The third-order valence-corrected chi connectivity index (χ3v) is 5.65. The first kappa shape index (κ1) is 21.7. The van der Waals surface area contributed by atoms with Gasteiger partial charge in [-0.2, -0.15) is 5.21 Å². The number of rotatable bonds is 9. The van der Waals surface area contributed by atoms with Crippen molar-refractivity contribution in [1.29, 1.82) is 0 Å². The van der Waals surface area contributed by atoms with E-state index >= 15 is 0 Å². The van der Waals surface area contributed by atoms with Gasteiger partial charge in [-0.25, -0.2) is 0 Å². The average molecular weight is 406 g/mol. The van der Waals surface area contributed by atoms with Gasteiger partial charge in [0.2, 0.25) is 11.7 Å². The largest absolute Gasteiger partial charge is 0.335 e. The molecule has 0 aliphatic carbocycles. The SMILES string of the molecule is CCCCC(=O)N(Cc1ccc(-c2ccccc2-c2nn[nH]n2)cc1)[C@@H](C)C(C)C. The van der Waals surface area contributed by atoms with E-state index in [1.165, 1.54) is 0 Å². The number of hydrogen-bond donors (Lipinski definition) is 1. The summed E-state index contributed by atoms with van der Waals surface area (Å²) in [5.41, 5.74) is 4.20. The Labute approximate surface area is 178 Å². The lowest BCUT2D eigenvalue weighted by atomic mass is 9.97. The summed E-state index contributed by atoms with van der Waals surface area (Å²) in [4.78, 5) is 14.9. The van der Waals surface area contributed by atoms with Crippen molar-refractivity contribution >= 4 is 5.91 Å². The molecule has 30 heavy (non-hydrogen) atoms. The zero-order chi connectivity index (χ0) is 21.5. The van der Waals surface area contributed by atoms with E-state index in [-0.39, 0.29) is 11.9 Å². The molecule has 0 spiro atoms. The summed E-state index contributed by atoms with van der Waals surface area (Å²) in [6, 6.07) is 16.6. The number of benzene rings is 2. The summed E-state index contributed by atoms with van der Waals surface area (Å²) in [6.45, 7) is 9.23. The fraction of sp³-hybridized carbons (Fsp3) is 0.417. The minimum atomic E-state index is 0.202. The van der Waals surface area contributed by atoms with E-state index < -0.39 is 0 Å². The Balaban J connectivity index is 1.82. The van der Waals surface area contributed by atoms with Crippen molar-refractivity contribution in [3.63, 3.8) is 0 Å². The third-order valence-electron chi connectivity index (χ3n) is 5.65. The van der Waals surface area contributed by atoms with Gasteiger partial charge in [-0.3, -0.25) is 4.79 Å². The molecule has 6 nitrogen and oxygen atoms in total. The van der Waals surface area contributed by atoms with E-state index in [1.54, 1.807) is 0 Å². The predicted octanol–water partition coefficient (Wildman–Crippen LogP) is 5.10. The number of hydrogen-bond acceptors (Lipinski definition) is 4. The molecular formula is C24H31N5O. The summed E-state index contributed by atoms with van der Waals surface area (Å²) in [6.07, 6.45) is 2.58. The normalized spacial score (nSPS) is 12.2. The van der Waals surface area contributed by atoms with Crippen LogP contribution < -0.4 is 0 Å². The van der Waals surface area contributed by atoms with E-state index in [0.29, 0.717) is 24.7 Å². The van der Waals surface area contributed by atoms with Crippen LogP contribution in [0.3, 0.4) is 0 Å². The Kier molecular flexibility index (Phi) is 7.33. The van der Waals surface area contributed by atoms with Crippen molar-refractivity contribution < 1.29 is 4.79 Å².